The number of carbonyl (C=O) groups is 1. The van der Waals surface area contributed by atoms with Crippen molar-refractivity contribution in [2.24, 2.45) is 5.92 Å². The summed E-state index contributed by atoms with van der Waals surface area (Å²) in [5.41, 5.74) is 5.00. The van der Waals surface area contributed by atoms with Crippen LogP contribution in [0.5, 0.6) is 0 Å². The van der Waals surface area contributed by atoms with Crippen LogP contribution >= 0.6 is 11.8 Å². The highest BCUT2D eigenvalue weighted by Crippen LogP contribution is 2.26. The first kappa shape index (κ1) is 23.8. The predicted octanol–water partition coefficient (Wildman–Crippen LogP) is 5.68. The third kappa shape index (κ3) is 5.39. The van der Waals surface area contributed by atoms with Gasteiger partial charge in [0.05, 0.1) is 16.6 Å². The Kier molecular flexibility index (Phi) is 7.17. The molecule has 6 heteroatoms. The Morgan fingerprint density at radius 3 is 2.38 bits per heavy atom. The summed E-state index contributed by atoms with van der Waals surface area (Å²) in [4.78, 5) is 31.2. The molecule has 1 amide bonds. The molecular weight excluding hydrogens is 442 g/mol. The van der Waals surface area contributed by atoms with Crippen molar-refractivity contribution in [3.05, 3.63) is 99.3 Å². The lowest BCUT2D eigenvalue weighted by molar-refractivity contribution is 0.0949. The van der Waals surface area contributed by atoms with Crippen LogP contribution in [0.3, 0.4) is 0 Å². The van der Waals surface area contributed by atoms with Crippen LogP contribution in [0.1, 0.15) is 40.9 Å². The van der Waals surface area contributed by atoms with Gasteiger partial charge in [0.1, 0.15) is 0 Å². The number of aromatic nitrogens is 2. The molecule has 0 aliphatic carbocycles. The van der Waals surface area contributed by atoms with Crippen molar-refractivity contribution in [1.82, 2.24) is 14.9 Å². The van der Waals surface area contributed by atoms with Crippen LogP contribution in [-0.4, -0.2) is 22.0 Å². The molecule has 174 valence electrons. The fraction of sp³-hybridized carbons (Fsp3) is 0.250. The van der Waals surface area contributed by atoms with Crippen molar-refractivity contribution >= 4 is 28.6 Å². The molecule has 1 aromatic heterocycles. The Balaban J connectivity index is 1.82. The van der Waals surface area contributed by atoms with Gasteiger partial charge < -0.3 is 5.32 Å². The smallest absolute Gasteiger partial charge is 0.266 e. The number of aryl methyl sites for hydroxylation is 2. The van der Waals surface area contributed by atoms with Gasteiger partial charge in [0.15, 0.2) is 5.16 Å². The van der Waals surface area contributed by atoms with Gasteiger partial charge in [-0.25, -0.2) is 4.98 Å². The Hall–Kier alpha value is -3.38. The molecule has 0 atom stereocenters. The second-order valence-corrected chi connectivity index (χ2v) is 9.93. The highest BCUT2D eigenvalue weighted by atomic mass is 32.2. The third-order valence-corrected chi connectivity index (χ3v) is 6.46. The van der Waals surface area contributed by atoms with E-state index in [1.807, 2.05) is 58.0 Å². The predicted molar refractivity (Wildman–Crippen MR) is 140 cm³/mol. The molecule has 0 aliphatic rings. The third-order valence-electron chi connectivity index (χ3n) is 5.45. The lowest BCUT2D eigenvalue weighted by Crippen LogP contribution is -2.27. The van der Waals surface area contributed by atoms with Crippen molar-refractivity contribution in [3.63, 3.8) is 0 Å². The zero-order valence-corrected chi connectivity index (χ0v) is 20.8. The number of nitrogens with one attached hydrogen (secondary N) is 1. The first-order valence-electron chi connectivity index (χ1n) is 11.4. The van der Waals surface area contributed by atoms with E-state index in [4.69, 9.17) is 4.98 Å². The zero-order valence-electron chi connectivity index (χ0n) is 20.0. The molecule has 0 aliphatic heterocycles. The van der Waals surface area contributed by atoms with Crippen molar-refractivity contribution in [3.8, 4) is 5.69 Å². The lowest BCUT2D eigenvalue weighted by atomic mass is 10.1. The monoisotopic (exact) mass is 471 g/mol. The Bertz CT molecular complexity index is 1370. The van der Waals surface area contributed by atoms with Crippen molar-refractivity contribution in [1.29, 1.82) is 0 Å². The molecule has 0 bridgehead atoms. The Morgan fingerprint density at radius 1 is 1.00 bits per heavy atom. The largest absolute Gasteiger partial charge is 0.352 e. The quantitative estimate of drug-likeness (QED) is 0.278. The number of nitrogens with zero attached hydrogens (tertiary/aromatic N) is 2. The van der Waals surface area contributed by atoms with Gasteiger partial charge in [-0.2, -0.15) is 0 Å². The van der Waals surface area contributed by atoms with Crippen molar-refractivity contribution in [2.75, 3.05) is 6.54 Å². The standard InChI is InChI=1S/C28H29N3O2S/c1-18(2)16-29-26(32)22-10-11-24-25(15-22)30-28(34-17-21-8-6-5-7-9-21)31(27(24)33)23-13-19(3)12-20(4)14-23/h5-15,18H,16-17H2,1-4H3,(H,29,32). The summed E-state index contributed by atoms with van der Waals surface area (Å²) in [6, 6.07) is 21.3. The van der Waals surface area contributed by atoms with Crippen LogP contribution < -0.4 is 10.9 Å². The number of benzene rings is 3. The van der Waals surface area contributed by atoms with Gasteiger partial charge in [-0.1, -0.05) is 62.0 Å². The molecule has 5 nitrogen and oxygen atoms in total. The Morgan fingerprint density at radius 2 is 1.71 bits per heavy atom. The molecule has 4 rings (SSSR count). The van der Waals surface area contributed by atoms with Crippen LogP contribution in [0.4, 0.5) is 0 Å². The van der Waals surface area contributed by atoms with Gasteiger partial charge in [0.2, 0.25) is 0 Å². The normalized spacial score (nSPS) is 11.2. The fourth-order valence-electron chi connectivity index (χ4n) is 3.83. The van der Waals surface area contributed by atoms with E-state index in [1.165, 1.54) is 11.8 Å². The van der Waals surface area contributed by atoms with Crippen LogP contribution in [0, 0.1) is 19.8 Å². The molecule has 34 heavy (non-hydrogen) atoms. The number of fused-ring (bicyclic) bond motifs is 1. The van der Waals surface area contributed by atoms with E-state index in [1.54, 1.807) is 22.8 Å². The number of hydrogen-bond donors (Lipinski definition) is 1. The molecular formula is C28H29N3O2S. The van der Waals surface area contributed by atoms with Gasteiger partial charge in [-0.3, -0.25) is 14.2 Å². The molecule has 0 spiro atoms. The maximum absolute atomic E-state index is 13.7. The number of rotatable bonds is 7. The van der Waals surface area contributed by atoms with E-state index in [2.05, 4.69) is 23.5 Å². The van der Waals surface area contributed by atoms with Crippen LogP contribution in [-0.2, 0) is 5.75 Å². The van der Waals surface area contributed by atoms with Crippen LogP contribution in [0.15, 0.2) is 76.7 Å². The second kappa shape index (κ2) is 10.3. The highest BCUT2D eigenvalue weighted by Gasteiger charge is 2.16. The summed E-state index contributed by atoms with van der Waals surface area (Å²) in [6.07, 6.45) is 0. The summed E-state index contributed by atoms with van der Waals surface area (Å²) in [5.74, 6) is 0.876. The summed E-state index contributed by atoms with van der Waals surface area (Å²) in [6.45, 7) is 8.74. The highest BCUT2D eigenvalue weighted by molar-refractivity contribution is 7.98. The van der Waals surface area contributed by atoms with E-state index in [0.717, 1.165) is 22.4 Å². The minimum absolute atomic E-state index is 0.139. The first-order chi connectivity index (χ1) is 16.3. The number of thioether (sulfide) groups is 1. The van der Waals surface area contributed by atoms with Crippen molar-refractivity contribution < 1.29 is 4.79 Å². The van der Waals surface area contributed by atoms with E-state index >= 15 is 0 Å². The average Bonchev–Trinajstić information content (AvgIpc) is 2.81. The number of carbonyl (C=O) groups excluding carboxylic acids is 1. The number of amides is 1. The van der Waals surface area contributed by atoms with E-state index in [-0.39, 0.29) is 11.5 Å². The first-order valence-corrected chi connectivity index (χ1v) is 12.4. The fourth-order valence-corrected chi connectivity index (χ4v) is 4.80. The SMILES string of the molecule is Cc1cc(C)cc(-n2c(SCc3ccccc3)nc3cc(C(=O)NCC(C)C)ccc3c2=O)c1. The summed E-state index contributed by atoms with van der Waals surface area (Å²) >= 11 is 1.52. The van der Waals surface area contributed by atoms with Gasteiger partial charge in [0.25, 0.3) is 11.5 Å². The zero-order chi connectivity index (χ0) is 24.2. The molecule has 0 saturated carbocycles. The van der Waals surface area contributed by atoms with Gasteiger partial charge in [-0.15, -0.1) is 0 Å². The molecule has 0 unspecified atom stereocenters. The molecule has 3 aromatic carbocycles. The molecule has 4 aromatic rings. The van der Waals surface area contributed by atoms with Gasteiger partial charge >= 0.3 is 0 Å². The lowest BCUT2D eigenvalue weighted by Gasteiger charge is -2.15. The summed E-state index contributed by atoms with van der Waals surface area (Å²) < 4.78 is 1.69. The minimum atomic E-state index is -0.158. The van der Waals surface area contributed by atoms with E-state index < -0.39 is 0 Å². The molecule has 0 radical (unpaired) electrons. The Labute approximate surface area is 204 Å². The van der Waals surface area contributed by atoms with Crippen LogP contribution in [0.25, 0.3) is 16.6 Å². The maximum Gasteiger partial charge on any atom is 0.266 e. The molecule has 1 heterocycles. The molecule has 0 fully saturated rings. The van der Waals surface area contributed by atoms with Gasteiger partial charge in [-0.05, 0) is 66.8 Å². The van der Waals surface area contributed by atoms with Gasteiger partial charge in [0, 0.05) is 17.9 Å². The summed E-state index contributed by atoms with van der Waals surface area (Å²) in [5, 5.41) is 4.03. The maximum atomic E-state index is 13.7. The van der Waals surface area contributed by atoms with E-state index in [0.29, 0.717) is 39.8 Å². The topological polar surface area (TPSA) is 64.0 Å². The van der Waals surface area contributed by atoms with Crippen molar-refractivity contribution in [2.45, 2.75) is 38.6 Å². The average molecular weight is 472 g/mol. The second-order valence-electron chi connectivity index (χ2n) is 8.99. The molecule has 1 N–H and O–H groups in total. The number of hydrogen-bond acceptors (Lipinski definition) is 4. The molecule has 0 saturated heterocycles. The summed E-state index contributed by atoms with van der Waals surface area (Å²) in [7, 11) is 0. The van der Waals surface area contributed by atoms with E-state index in [9.17, 15) is 9.59 Å². The minimum Gasteiger partial charge on any atom is -0.352 e. The van der Waals surface area contributed by atoms with Crippen LogP contribution in [0.2, 0.25) is 0 Å².